The lowest BCUT2D eigenvalue weighted by molar-refractivity contribution is 0.341. The Labute approximate surface area is 87.0 Å². The third kappa shape index (κ3) is 2.24. The zero-order valence-electron chi connectivity index (χ0n) is 8.60. The molecule has 82 valence electrons. The number of hydrogen-bond donors (Lipinski definition) is 2. The summed E-state index contributed by atoms with van der Waals surface area (Å²) in [6.45, 7) is 0. The summed E-state index contributed by atoms with van der Waals surface area (Å²) in [5.41, 5.74) is 5.66. The van der Waals surface area contributed by atoms with Crippen LogP contribution in [0.5, 0.6) is 12.0 Å². The average molecular weight is 211 g/mol. The lowest BCUT2D eigenvalue weighted by Crippen LogP contribution is -2.15. The Balaban J connectivity index is 2.14. The minimum Gasteiger partial charge on any atom is -0.467 e. The van der Waals surface area contributed by atoms with Crippen LogP contribution in [0.1, 0.15) is 6.42 Å². The van der Waals surface area contributed by atoms with Crippen LogP contribution >= 0.6 is 0 Å². The van der Waals surface area contributed by atoms with E-state index in [0.717, 1.165) is 6.42 Å². The molecule has 1 aromatic heterocycles. The van der Waals surface area contributed by atoms with Crippen LogP contribution in [0.3, 0.4) is 0 Å². The maximum Gasteiger partial charge on any atom is 0.324 e. The van der Waals surface area contributed by atoms with E-state index in [-0.39, 0.29) is 24.1 Å². The van der Waals surface area contributed by atoms with Gasteiger partial charge in [0, 0.05) is 12.1 Å². The summed E-state index contributed by atoms with van der Waals surface area (Å²) < 4.78 is 9.83. The Morgan fingerprint density at radius 3 is 2.13 bits per heavy atom. The number of anilines is 1. The van der Waals surface area contributed by atoms with Gasteiger partial charge in [0.2, 0.25) is 5.95 Å². The monoisotopic (exact) mass is 211 g/mol. The van der Waals surface area contributed by atoms with Crippen LogP contribution in [0.2, 0.25) is 0 Å². The second kappa shape index (κ2) is 3.85. The first-order valence-corrected chi connectivity index (χ1v) is 4.59. The van der Waals surface area contributed by atoms with Gasteiger partial charge in [-0.3, -0.25) is 0 Å². The predicted octanol–water partition coefficient (Wildman–Crippen LogP) is -0.600. The molecule has 0 radical (unpaired) electrons. The number of aromatic nitrogens is 3. The summed E-state index contributed by atoms with van der Waals surface area (Å²) in [7, 11) is 2.98. The van der Waals surface area contributed by atoms with Crippen LogP contribution in [0.15, 0.2) is 0 Å². The minimum atomic E-state index is 0.179. The fourth-order valence-corrected chi connectivity index (χ4v) is 1.13. The van der Waals surface area contributed by atoms with E-state index in [1.165, 1.54) is 14.2 Å². The fourth-order valence-electron chi connectivity index (χ4n) is 1.13. The number of nitrogens with one attached hydrogen (secondary N) is 1. The first-order valence-electron chi connectivity index (χ1n) is 4.59. The van der Waals surface area contributed by atoms with Gasteiger partial charge >= 0.3 is 12.0 Å². The molecule has 1 aromatic rings. The first-order chi connectivity index (χ1) is 7.22. The van der Waals surface area contributed by atoms with E-state index < -0.39 is 0 Å². The van der Waals surface area contributed by atoms with Crippen LogP contribution in [-0.4, -0.2) is 41.3 Å². The molecule has 1 aliphatic rings. The molecule has 2 atom stereocenters. The molecule has 15 heavy (non-hydrogen) atoms. The lowest BCUT2D eigenvalue weighted by atomic mass is 10.6. The van der Waals surface area contributed by atoms with Crippen LogP contribution in [0, 0.1) is 0 Å². The van der Waals surface area contributed by atoms with Gasteiger partial charge in [0.15, 0.2) is 0 Å². The van der Waals surface area contributed by atoms with Crippen molar-refractivity contribution in [2.24, 2.45) is 5.73 Å². The topological polar surface area (TPSA) is 95.2 Å². The standard InChI is InChI=1S/C8H13N5O2/c1-14-7-11-6(10-5-3-4(5)9)12-8(13-7)15-2/h4-5H,3,9H2,1-2H3,(H,10,11,12,13). The van der Waals surface area contributed by atoms with E-state index in [2.05, 4.69) is 20.3 Å². The summed E-state index contributed by atoms with van der Waals surface area (Å²) in [6, 6.07) is 0.859. The van der Waals surface area contributed by atoms with Crippen LogP contribution in [-0.2, 0) is 0 Å². The Hall–Kier alpha value is -1.63. The average Bonchev–Trinajstić information content (AvgIpc) is 2.93. The Morgan fingerprint density at radius 1 is 1.20 bits per heavy atom. The molecule has 1 fully saturated rings. The second-order valence-electron chi connectivity index (χ2n) is 3.28. The summed E-state index contributed by atoms with van der Waals surface area (Å²) in [6.07, 6.45) is 0.927. The molecular weight excluding hydrogens is 198 g/mol. The van der Waals surface area contributed by atoms with E-state index >= 15 is 0 Å². The molecule has 0 aliphatic heterocycles. The number of nitrogens with two attached hydrogens (primary N) is 1. The summed E-state index contributed by atoms with van der Waals surface area (Å²) in [5.74, 6) is 0.427. The van der Waals surface area contributed by atoms with Crippen molar-refractivity contribution in [2.45, 2.75) is 18.5 Å². The number of rotatable bonds is 4. The third-order valence-corrected chi connectivity index (χ3v) is 2.11. The normalized spacial score (nSPS) is 23.4. The third-order valence-electron chi connectivity index (χ3n) is 2.11. The molecule has 0 spiro atoms. The first kappa shape index (κ1) is 9.91. The van der Waals surface area contributed by atoms with Crippen LogP contribution in [0.25, 0.3) is 0 Å². The van der Waals surface area contributed by atoms with Gasteiger partial charge < -0.3 is 20.5 Å². The summed E-state index contributed by atoms with van der Waals surface area (Å²) in [4.78, 5) is 11.9. The lowest BCUT2D eigenvalue weighted by Gasteiger charge is -2.06. The fraction of sp³-hybridized carbons (Fsp3) is 0.625. The van der Waals surface area contributed by atoms with Crippen LogP contribution < -0.4 is 20.5 Å². The molecule has 0 aromatic carbocycles. The van der Waals surface area contributed by atoms with Crippen molar-refractivity contribution in [2.75, 3.05) is 19.5 Å². The maximum absolute atomic E-state index is 5.66. The van der Waals surface area contributed by atoms with Crippen molar-refractivity contribution in [3.05, 3.63) is 0 Å². The molecule has 0 amide bonds. The van der Waals surface area contributed by atoms with Crippen molar-refractivity contribution in [3.8, 4) is 12.0 Å². The zero-order chi connectivity index (χ0) is 10.8. The van der Waals surface area contributed by atoms with E-state index in [0.29, 0.717) is 5.95 Å². The maximum atomic E-state index is 5.66. The molecule has 1 saturated carbocycles. The Kier molecular flexibility index (Phi) is 2.55. The van der Waals surface area contributed by atoms with Gasteiger partial charge in [-0.1, -0.05) is 0 Å². The van der Waals surface area contributed by atoms with Gasteiger partial charge in [-0.05, 0) is 6.42 Å². The van der Waals surface area contributed by atoms with Crippen molar-refractivity contribution in [1.82, 2.24) is 15.0 Å². The highest BCUT2D eigenvalue weighted by Gasteiger charge is 2.34. The number of hydrogen-bond acceptors (Lipinski definition) is 7. The largest absolute Gasteiger partial charge is 0.467 e. The molecule has 2 rings (SSSR count). The van der Waals surface area contributed by atoms with E-state index in [4.69, 9.17) is 15.2 Å². The molecule has 0 bridgehead atoms. The van der Waals surface area contributed by atoms with Crippen molar-refractivity contribution < 1.29 is 9.47 Å². The number of nitrogens with zero attached hydrogens (tertiary/aromatic N) is 3. The molecule has 1 heterocycles. The molecule has 7 nitrogen and oxygen atoms in total. The van der Waals surface area contributed by atoms with Gasteiger partial charge in [-0.25, -0.2) is 0 Å². The van der Waals surface area contributed by atoms with Gasteiger partial charge in [0.05, 0.1) is 14.2 Å². The molecule has 2 unspecified atom stereocenters. The van der Waals surface area contributed by atoms with Crippen LogP contribution in [0.4, 0.5) is 5.95 Å². The van der Waals surface area contributed by atoms with Gasteiger partial charge in [-0.2, -0.15) is 9.97 Å². The summed E-state index contributed by atoms with van der Waals surface area (Å²) >= 11 is 0. The molecular formula is C8H13N5O2. The van der Waals surface area contributed by atoms with E-state index in [9.17, 15) is 0 Å². The van der Waals surface area contributed by atoms with E-state index in [1.54, 1.807) is 0 Å². The predicted molar refractivity (Wildman–Crippen MR) is 52.9 cm³/mol. The Morgan fingerprint density at radius 2 is 1.73 bits per heavy atom. The van der Waals surface area contributed by atoms with Crippen molar-refractivity contribution in [1.29, 1.82) is 0 Å². The second-order valence-corrected chi connectivity index (χ2v) is 3.28. The van der Waals surface area contributed by atoms with Gasteiger partial charge in [0.1, 0.15) is 0 Å². The smallest absolute Gasteiger partial charge is 0.324 e. The number of methoxy groups -OCH3 is 2. The highest BCUT2D eigenvalue weighted by Crippen LogP contribution is 2.23. The quantitative estimate of drug-likeness (QED) is 0.686. The van der Waals surface area contributed by atoms with Gasteiger partial charge in [0.25, 0.3) is 0 Å². The van der Waals surface area contributed by atoms with Gasteiger partial charge in [-0.15, -0.1) is 4.98 Å². The SMILES string of the molecule is COc1nc(NC2CC2N)nc(OC)n1. The highest BCUT2D eigenvalue weighted by atomic mass is 16.5. The molecule has 0 saturated heterocycles. The minimum absolute atomic E-state index is 0.179. The zero-order valence-corrected chi connectivity index (χ0v) is 8.60. The molecule has 3 N–H and O–H groups in total. The Bertz CT molecular complexity index is 337. The van der Waals surface area contributed by atoms with E-state index in [1.807, 2.05) is 0 Å². The van der Waals surface area contributed by atoms with Crippen molar-refractivity contribution >= 4 is 5.95 Å². The summed E-state index contributed by atoms with van der Waals surface area (Å²) in [5, 5.41) is 3.07. The number of ether oxygens (including phenoxy) is 2. The van der Waals surface area contributed by atoms with Crippen molar-refractivity contribution in [3.63, 3.8) is 0 Å². The molecule has 1 aliphatic carbocycles. The molecule has 7 heteroatoms. The highest BCUT2D eigenvalue weighted by molar-refractivity contribution is 5.32.